The van der Waals surface area contributed by atoms with Crippen LogP contribution >= 0.6 is 0 Å². The molecule has 0 radical (unpaired) electrons. The number of hydrogen-bond acceptors (Lipinski definition) is 4. The molecule has 0 aromatic heterocycles. The Balaban J connectivity index is 2.96. The van der Waals surface area contributed by atoms with Crippen LogP contribution in [0.1, 0.15) is 20.3 Å². The van der Waals surface area contributed by atoms with Gasteiger partial charge >= 0.3 is 5.69 Å². The molecule has 18 heavy (non-hydrogen) atoms. The van der Waals surface area contributed by atoms with Crippen LogP contribution in [0.15, 0.2) is 30.9 Å². The molecule has 1 rings (SSSR count). The van der Waals surface area contributed by atoms with E-state index in [2.05, 4.69) is 11.9 Å². The normalized spacial score (nSPS) is 11.7. The van der Waals surface area contributed by atoms with Crippen molar-refractivity contribution in [2.75, 3.05) is 11.9 Å². The van der Waals surface area contributed by atoms with Gasteiger partial charge in [0, 0.05) is 23.9 Å². The summed E-state index contributed by atoms with van der Waals surface area (Å²) in [7, 11) is 0. The molecule has 0 fully saturated rings. The van der Waals surface area contributed by atoms with Crippen LogP contribution in [0.3, 0.4) is 0 Å². The maximum atomic E-state index is 10.9. The lowest BCUT2D eigenvalue weighted by atomic mass is 10.2. The Morgan fingerprint density at radius 2 is 2.33 bits per heavy atom. The lowest BCUT2D eigenvalue weighted by molar-refractivity contribution is -0.385. The van der Waals surface area contributed by atoms with Gasteiger partial charge in [-0.3, -0.25) is 10.1 Å². The molecule has 1 unspecified atom stereocenters. The fourth-order valence-corrected chi connectivity index (χ4v) is 1.40. The van der Waals surface area contributed by atoms with Crippen molar-refractivity contribution in [3.8, 4) is 5.75 Å². The summed E-state index contributed by atoms with van der Waals surface area (Å²) >= 11 is 0. The van der Waals surface area contributed by atoms with Crippen LogP contribution in [0.5, 0.6) is 5.75 Å². The second-order valence-electron chi connectivity index (χ2n) is 3.96. The molecule has 0 bridgehead atoms. The van der Waals surface area contributed by atoms with E-state index in [0.717, 1.165) is 12.1 Å². The topological polar surface area (TPSA) is 64.4 Å². The van der Waals surface area contributed by atoms with Crippen molar-refractivity contribution in [3.63, 3.8) is 0 Å². The van der Waals surface area contributed by atoms with Crippen LogP contribution in [-0.2, 0) is 0 Å². The van der Waals surface area contributed by atoms with Gasteiger partial charge in [0.1, 0.15) is 0 Å². The minimum atomic E-state index is -0.439. The molecule has 5 heteroatoms. The summed E-state index contributed by atoms with van der Waals surface area (Å²) in [5.41, 5.74) is 0.763. The Morgan fingerprint density at radius 3 is 2.89 bits per heavy atom. The van der Waals surface area contributed by atoms with E-state index in [1.165, 1.54) is 6.07 Å². The average Bonchev–Trinajstić information content (AvgIpc) is 2.36. The summed E-state index contributed by atoms with van der Waals surface area (Å²) in [6.45, 7) is 8.03. The zero-order valence-corrected chi connectivity index (χ0v) is 10.7. The largest absolute Gasteiger partial charge is 0.487 e. The molecule has 0 heterocycles. The molecular weight excluding hydrogens is 232 g/mol. The molecule has 0 spiro atoms. The van der Waals surface area contributed by atoms with Crippen LogP contribution in [0, 0.1) is 10.1 Å². The molecule has 1 aromatic carbocycles. The number of nitro benzene ring substituents is 1. The highest BCUT2D eigenvalue weighted by Crippen LogP contribution is 2.30. The number of anilines is 1. The van der Waals surface area contributed by atoms with E-state index >= 15 is 0 Å². The third kappa shape index (κ3) is 3.76. The van der Waals surface area contributed by atoms with Gasteiger partial charge in [-0.05, 0) is 19.4 Å². The van der Waals surface area contributed by atoms with Crippen LogP contribution in [0.4, 0.5) is 11.4 Å². The molecule has 1 N–H and O–H groups in total. The Hall–Kier alpha value is -2.04. The summed E-state index contributed by atoms with van der Waals surface area (Å²) in [5, 5.41) is 14.0. The average molecular weight is 250 g/mol. The first-order chi connectivity index (χ1) is 8.58. The van der Waals surface area contributed by atoms with E-state index in [-0.39, 0.29) is 11.7 Å². The van der Waals surface area contributed by atoms with E-state index in [4.69, 9.17) is 4.74 Å². The second kappa shape index (κ2) is 6.64. The molecule has 0 aliphatic rings. The standard InChI is InChI=1S/C13H18N2O3/c1-4-8-18-13-9-11(14-10(3)5-2)6-7-12(13)15(16)17/h5-7,9-10,14H,2,4,8H2,1,3H3. The monoisotopic (exact) mass is 250 g/mol. The molecule has 98 valence electrons. The third-order valence-corrected chi connectivity index (χ3v) is 2.37. The summed E-state index contributed by atoms with van der Waals surface area (Å²) in [6, 6.07) is 4.85. The molecule has 0 aliphatic heterocycles. The quantitative estimate of drug-likeness (QED) is 0.458. The van der Waals surface area contributed by atoms with Gasteiger partial charge in [0.2, 0.25) is 0 Å². The van der Waals surface area contributed by atoms with E-state index in [1.54, 1.807) is 18.2 Å². The predicted molar refractivity (Wildman–Crippen MR) is 72.2 cm³/mol. The van der Waals surface area contributed by atoms with Gasteiger partial charge in [-0.2, -0.15) is 0 Å². The second-order valence-corrected chi connectivity index (χ2v) is 3.96. The Bertz CT molecular complexity index is 432. The highest BCUT2D eigenvalue weighted by Gasteiger charge is 2.15. The summed E-state index contributed by atoms with van der Waals surface area (Å²) in [5.74, 6) is 0.295. The van der Waals surface area contributed by atoms with Crippen LogP contribution < -0.4 is 10.1 Å². The van der Waals surface area contributed by atoms with Crippen LogP contribution in [0.25, 0.3) is 0 Å². The first-order valence-electron chi connectivity index (χ1n) is 5.88. The molecule has 1 aromatic rings. The van der Waals surface area contributed by atoms with Gasteiger partial charge < -0.3 is 10.1 Å². The molecular formula is C13H18N2O3. The molecule has 0 amide bonds. The van der Waals surface area contributed by atoms with Crippen molar-refractivity contribution in [3.05, 3.63) is 41.0 Å². The SMILES string of the molecule is C=CC(C)Nc1ccc([N+](=O)[O-])c(OCCC)c1. The number of nitrogens with zero attached hydrogens (tertiary/aromatic N) is 1. The molecule has 0 saturated carbocycles. The zero-order chi connectivity index (χ0) is 13.5. The van der Waals surface area contributed by atoms with Gasteiger partial charge in [-0.15, -0.1) is 6.58 Å². The van der Waals surface area contributed by atoms with Gasteiger partial charge in [-0.25, -0.2) is 0 Å². The van der Waals surface area contributed by atoms with Crippen molar-refractivity contribution in [1.82, 2.24) is 0 Å². The number of nitrogens with one attached hydrogen (secondary N) is 1. The third-order valence-electron chi connectivity index (χ3n) is 2.37. The summed E-state index contributed by atoms with van der Waals surface area (Å²) in [6.07, 6.45) is 2.56. The van der Waals surface area contributed by atoms with Crippen molar-refractivity contribution in [2.45, 2.75) is 26.3 Å². The lowest BCUT2D eigenvalue weighted by Gasteiger charge is -2.12. The Kier molecular flexibility index (Phi) is 5.17. The zero-order valence-electron chi connectivity index (χ0n) is 10.7. The molecule has 0 saturated heterocycles. The van der Waals surface area contributed by atoms with E-state index in [0.29, 0.717) is 12.4 Å². The fourth-order valence-electron chi connectivity index (χ4n) is 1.40. The van der Waals surface area contributed by atoms with Crippen LogP contribution in [-0.4, -0.2) is 17.6 Å². The van der Waals surface area contributed by atoms with Crippen molar-refractivity contribution >= 4 is 11.4 Å². The van der Waals surface area contributed by atoms with Gasteiger partial charge in [0.15, 0.2) is 5.75 Å². The van der Waals surface area contributed by atoms with Crippen LogP contribution in [0.2, 0.25) is 0 Å². The Morgan fingerprint density at radius 1 is 1.61 bits per heavy atom. The highest BCUT2D eigenvalue weighted by atomic mass is 16.6. The lowest BCUT2D eigenvalue weighted by Crippen LogP contribution is -2.11. The summed E-state index contributed by atoms with van der Waals surface area (Å²) in [4.78, 5) is 10.4. The van der Waals surface area contributed by atoms with E-state index in [9.17, 15) is 10.1 Å². The number of rotatable bonds is 7. The van der Waals surface area contributed by atoms with Gasteiger partial charge in [-0.1, -0.05) is 13.0 Å². The van der Waals surface area contributed by atoms with E-state index in [1.807, 2.05) is 13.8 Å². The van der Waals surface area contributed by atoms with Gasteiger partial charge in [0.25, 0.3) is 0 Å². The minimum absolute atomic E-state index is 0.0137. The van der Waals surface area contributed by atoms with E-state index < -0.39 is 4.92 Å². The number of ether oxygens (including phenoxy) is 1. The number of nitro groups is 1. The maximum Gasteiger partial charge on any atom is 0.311 e. The van der Waals surface area contributed by atoms with Crippen molar-refractivity contribution < 1.29 is 9.66 Å². The smallest absolute Gasteiger partial charge is 0.311 e. The van der Waals surface area contributed by atoms with Crippen molar-refractivity contribution in [1.29, 1.82) is 0 Å². The number of benzene rings is 1. The minimum Gasteiger partial charge on any atom is -0.487 e. The predicted octanol–water partition coefficient (Wildman–Crippen LogP) is 3.37. The van der Waals surface area contributed by atoms with Gasteiger partial charge in [0.05, 0.1) is 11.5 Å². The summed E-state index contributed by atoms with van der Waals surface area (Å²) < 4.78 is 5.40. The fraction of sp³-hybridized carbons (Fsp3) is 0.385. The Labute approximate surface area is 107 Å². The maximum absolute atomic E-state index is 10.9. The molecule has 1 atom stereocenters. The van der Waals surface area contributed by atoms with Crippen molar-refractivity contribution in [2.24, 2.45) is 0 Å². The first kappa shape index (κ1) is 14.0. The molecule has 0 aliphatic carbocycles. The molecule has 5 nitrogen and oxygen atoms in total. The number of hydrogen-bond donors (Lipinski definition) is 1. The first-order valence-corrected chi connectivity index (χ1v) is 5.88. The highest BCUT2D eigenvalue weighted by molar-refractivity contribution is 5.58.